The van der Waals surface area contributed by atoms with Gasteiger partial charge in [0.2, 0.25) is 0 Å². The molecular formula is C15H23N3O6. The van der Waals surface area contributed by atoms with Crippen LogP contribution >= 0.6 is 0 Å². The zero-order valence-corrected chi connectivity index (χ0v) is 14.2. The highest BCUT2D eigenvalue weighted by atomic mass is 16.6. The smallest absolute Gasteiger partial charge is 0.415 e. The van der Waals surface area contributed by atoms with E-state index in [1.54, 1.807) is 23.2 Å². The van der Waals surface area contributed by atoms with Gasteiger partial charge in [0, 0.05) is 25.8 Å². The quantitative estimate of drug-likeness (QED) is 0.765. The lowest BCUT2D eigenvalue weighted by atomic mass is 10.3. The number of nitrogens with zero attached hydrogens (tertiary/aromatic N) is 3. The summed E-state index contributed by atoms with van der Waals surface area (Å²) in [6, 6.07) is 3.54. The minimum atomic E-state index is -1.82. The van der Waals surface area contributed by atoms with Crippen LogP contribution in [0.2, 0.25) is 0 Å². The predicted molar refractivity (Wildman–Crippen MR) is 85.8 cm³/mol. The van der Waals surface area contributed by atoms with Crippen molar-refractivity contribution in [3.05, 3.63) is 24.0 Å². The van der Waals surface area contributed by atoms with E-state index in [4.69, 9.17) is 24.5 Å². The van der Waals surface area contributed by atoms with Crippen LogP contribution in [0.15, 0.2) is 18.3 Å². The predicted octanol–water partition coefficient (Wildman–Crippen LogP) is 1.14. The molecule has 0 fully saturated rings. The Morgan fingerprint density at radius 1 is 1.12 bits per heavy atom. The topological polar surface area (TPSA) is 120 Å². The Bertz CT molecular complexity index is 546. The molecule has 0 bridgehead atoms. The summed E-state index contributed by atoms with van der Waals surface area (Å²) >= 11 is 0. The Morgan fingerprint density at radius 2 is 1.67 bits per heavy atom. The molecule has 0 spiro atoms. The van der Waals surface area contributed by atoms with Gasteiger partial charge in [-0.25, -0.2) is 14.4 Å². The van der Waals surface area contributed by atoms with E-state index in [0.717, 1.165) is 5.69 Å². The van der Waals surface area contributed by atoms with Gasteiger partial charge in [-0.3, -0.25) is 4.98 Å². The highest BCUT2D eigenvalue weighted by Crippen LogP contribution is 2.17. The number of carboxylic acids is 2. The lowest BCUT2D eigenvalue weighted by Gasteiger charge is -2.19. The number of carbonyl (C=O) groups excluding carboxylic acids is 1. The molecule has 0 radical (unpaired) electrons. The monoisotopic (exact) mass is 341 g/mol. The molecule has 0 saturated carbocycles. The Morgan fingerprint density at radius 3 is 2.08 bits per heavy atom. The first kappa shape index (κ1) is 21.3. The SMILES string of the molecule is CCN(CC)C(=O)Oc1cccnc1CN(C)C.O=C(O)C(=O)O. The zero-order chi connectivity index (χ0) is 18.7. The molecule has 0 aliphatic carbocycles. The number of pyridine rings is 1. The average Bonchev–Trinajstić information content (AvgIpc) is 2.50. The summed E-state index contributed by atoms with van der Waals surface area (Å²) in [5.74, 6) is -3.12. The molecule has 134 valence electrons. The van der Waals surface area contributed by atoms with Crippen molar-refractivity contribution in [2.75, 3.05) is 27.2 Å². The number of ether oxygens (including phenoxy) is 1. The van der Waals surface area contributed by atoms with E-state index in [1.165, 1.54) is 0 Å². The van der Waals surface area contributed by atoms with Crippen molar-refractivity contribution >= 4 is 18.0 Å². The Labute approximate surface area is 140 Å². The van der Waals surface area contributed by atoms with Gasteiger partial charge >= 0.3 is 18.0 Å². The van der Waals surface area contributed by atoms with Gasteiger partial charge in [-0.05, 0) is 40.1 Å². The Kier molecular flexibility index (Phi) is 9.73. The van der Waals surface area contributed by atoms with Crippen LogP contribution in [-0.2, 0) is 16.1 Å². The maximum atomic E-state index is 11.9. The first-order chi connectivity index (χ1) is 11.2. The molecule has 0 atom stereocenters. The highest BCUT2D eigenvalue weighted by Gasteiger charge is 2.15. The first-order valence-electron chi connectivity index (χ1n) is 7.24. The molecule has 0 aliphatic heterocycles. The fraction of sp³-hybridized carbons (Fsp3) is 0.467. The fourth-order valence-electron chi connectivity index (χ4n) is 1.57. The van der Waals surface area contributed by atoms with Crippen molar-refractivity contribution in [1.82, 2.24) is 14.8 Å². The molecule has 2 N–H and O–H groups in total. The molecule has 24 heavy (non-hydrogen) atoms. The van der Waals surface area contributed by atoms with Crippen molar-refractivity contribution in [3.63, 3.8) is 0 Å². The number of hydrogen-bond acceptors (Lipinski definition) is 6. The molecule has 9 nitrogen and oxygen atoms in total. The molecule has 1 heterocycles. The van der Waals surface area contributed by atoms with Gasteiger partial charge < -0.3 is 24.7 Å². The maximum absolute atomic E-state index is 11.9. The maximum Gasteiger partial charge on any atom is 0.415 e. The van der Waals surface area contributed by atoms with E-state index in [-0.39, 0.29) is 6.09 Å². The summed E-state index contributed by atoms with van der Waals surface area (Å²) in [5, 5.41) is 14.8. The number of hydrogen-bond donors (Lipinski definition) is 2. The van der Waals surface area contributed by atoms with Crippen molar-refractivity contribution in [2.45, 2.75) is 20.4 Å². The summed E-state index contributed by atoms with van der Waals surface area (Å²) in [4.78, 5) is 37.9. The molecule has 1 amide bonds. The van der Waals surface area contributed by atoms with Crippen molar-refractivity contribution in [3.8, 4) is 5.75 Å². The number of carbonyl (C=O) groups is 3. The second kappa shape index (κ2) is 10.9. The van der Waals surface area contributed by atoms with Crippen LogP contribution in [0.25, 0.3) is 0 Å². The Balaban J connectivity index is 0.000000754. The van der Waals surface area contributed by atoms with Crippen LogP contribution in [0.5, 0.6) is 5.75 Å². The molecule has 0 aliphatic rings. The average molecular weight is 341 g/mol. The van der Waals surface area contributed by atoms with E-state index in [9.17, 15) is 4.79 Å². The first-order valence-corrected chi connectivity index (χ1v) is 7.24. The fourth-order valence-corrected chi connectivity index (χ4v) is 1.57. The molecule has 0 unspecified atom stereocenters. The van der Waals surface area contributed by atoms with E-state index in [2.05, 4.69) is 4.98 Å². The van der Waals surface area contributed by atoms with Crippen molar-refractivity contribution < 1.29 is 29.3 Å². The van der Waals surface area contributed by atoms with Crippen LogP contribution in [-0.4, -0.2) is 70.2 Å². The van der Waals surface area contributed by atoms with E-state index >= 15 is 0 Å². The largest absolute Gasteiger partial charge is 0.473 e. The van der Waals surface area contributed by atoms with Gasteiger partial charge in [0.1, 0.15) is 0 Å². The number of aromatic nitrogens is 1. The van der Waals surface area contributed by atoms with Gasteiger partial charge in [-0.15, -0.1) is 0 Å². The molecule has 0 saturated heterocycles. The third-order valence-corrected chi connectivity index (χ3v) is 2.72. The minimum Gasteiger partial charge on any atom is -0.473 e. The minimum absolute atomic E-state index is 0.326. The van der Waals surface area contributed by atoms with E-state index < -0.39 is 11.9 Å². The van der Waals surface area contributed by atoms with Crippen LogP contribution in [0.3, 0.4) is 0 Å². The molecule has 1 aromatic heterocycles. The van der Waals surface area contributed by atoms with Gasteiger partial charge in [0.25, 0.3) is 0 Å². The van der Waals surface area contributed by atoms with Crippen LogP contribution in [0, 0.1) is 0 Å². The van der Waals surface area contributed by atoms with Gasteiger partial charge in [-0.1, -0.05) is 0 Å². The summed E-state index contributed by atoms with van der Waals surface area (Å²) in [5.41, 5.74) is 0.767. The van der Waals surface area contributed by atoms with Crippen molar-refractivity contribution in [2.24, 2.45) is 0 Å². The number of rotatable bonds is 5. The third kappa shape index (κ3) is 8.08. The van der Waals surface area contributed by atoms with E-state index in [0.29, 0.717) is 25.4 Å². The van der Waals surface area contributed by atoms with Gasteiger partial charge in [-0.2, -0.15) is 0 Å². The van der Waals surface area contributed by atoms with E-state index in [1.807, 2.05) is 32.8 Å². The van der Waals surface area contributed by atoms with Crippen LogP contribution in [0.1, 0.15) is 19.5 Å². The third-order valence-electron chi connectivity index (χ3n) is 2.72. The van der Waals surface area contributed by atoms with Crippen LogP contribution in [0.4, 0.5) is 4.79 Å². The second-order valence-corrected chi connectivity index (χ2v) is 4.84. The number of carboxylic acid groups (broad SMARTS) is 2. The van der Waals surface area contributed by atoms with Crippen molar-refractivity contribution in [1.29, 1.82) is 0 Å². The second-order valence-electron chi connectivity index (χ2n) is 4.84. The normalized spacial score (nSPS) is 9.71. The summed E-state index contributed by atoms with van der Waals surface area (Å²) in [7, 11) is 3.90. The van der Waals surface area contributed by atoms with Gasteiger partial charge in [0.05, 0.1) is 5.69 Å². The number of amides is 1. The van der Waals surface area contributed by atoms with Crippen LogP contribution < -0.4 is 4.74 Å². The molecule has 0 aromatic carbocycles. The summed E-state index contributed by atoms with van der Waals surface area (Å²) < 4.78 is 5.39. The lowest BCUT2D eigenvalue weighted by Crippen LogP contribution is -2.33. The zero-order valence-electron chi connectivity index (χ0n) is 14.2. The molecule has 9 heteroatoms. The summed E-state index contributed by atoms with van der Waals surface area (Å²) in [6.07, 6.45) is 1.38. The van der Waals surface area contributed by atoms with Gasteiger partial charge in [0.15, 0.2) is 5.75 Å². The Hall–Kier alpha value is -2.68. The molecule has 1 rings (SSSR count). The molecule has 1 aromatic rings. The standard InChI is InChI=1S/C13H21N3O2.C2H2O4/c1-5-16(6-2)13(17)18-12-8-7-9-14-11(12)10-15(3)4;3-1(4)2(5)6/h7-9H,5-6,10H2,1-4H3;(H,3,4)(H,5,6). The summed E-state index contributed by atoms with van der Waals surface area (Å²) in [6.45, 7) is 5.77. The molecular weight excluding hydrogens is 318 g/mol. The number of aliphatic carboxylic acids is 2. The lowest BCUT2D eigenvalue weighted by molar-refractivity contribution is -0.159. The highest BCUT2D eigenvalue weighted by molar-refractivity contribution is 6.27.